The molecule has 2 N–H and O–H groups in total. The van der Waals surface area contributed by atoms with Crippen LogP contribution in [0.4, 0.5) is 5.69 Å². The van der Waals surface area contributed by atoms with E-state index in [1.807, 2.05) is 36.0 Å². The molecule has 0 aliphatic carbocycles. The van der Waals surface area contributed by atoms with Crippen LogP contribution >= 0.6 is 11.8 Å². The quantitative estimate of drug-likeness (QED) is 0.646. The molecule has 144 valence electrons. The van der Waals surface area contributed by atoms with Gasteiger partial charge in [-0.2, -0.15) is 5.10 Å². The lowest BCUT2D eigenvalue weighted by Gasteiger charge is -2.22. The van der Waals surface area contributed by atoms with Gasteiger partial charge in [0, 0.05) is 35.7 Å². The van der Waals surface area contributed by atoms with Gasteiger partial charge in [0.2, 0.25) is 0 Å². The molecule has 0 radical (unpaired) electrons. The van der Waals surface area contributed by atoms with E-state index in [4.69, 9.17) is 0 Å². The number of amides is 1. The van der Waals surface area contributed by atoms with Crippen LogP contribution in [0.5, 0.6) is 0 Å². The van der Waals surface area contributed by atoms with Gasteiger partial charge in [0.1, 0.15) is 0 Å². The number of hydrogen-bond donors (Lipinski definition) is 2. The fraction of sp³-hybridized carbons (Fsp3) is 0.300. The van der Waals surface area contributed by atoms with Gasteiger partial charge in [0.05, 0.1) is 6.04 Å². The normalized spacial score (nSPS) is 16.7. The number of carbonyl (C=O) groups is 1. The van der Waals surface area contributed by atoms with Crippen LogP contribution in [-0.4, -0.2) is 38.7 Å². The van der Waals surface area contributed by atoms with Crippen molar-refractivity contribution in [2.24, 2.45) is 0 Å². The Balaban J connectivity index is 1.42. The smallest absolute Gasteiger partial charge is 0.276 e. The average molecular weight is 395 g/mol. The molecule has 1 saturated heterocycles. The third-order valence-electron chi connectivity index (χ3n) is 4.68. The number of nitrogens with one attached hydrogen (secondary N) is 2. The Hall–Kier alpha value is -2.71. The van der Waals surface area contributed by atoms with E-state index < -0.39 is 0 Å². The fourth-order valence-electron chi connectivity index (χ4n) is 3.19. The Bertz CT molecular complexity index is 952. The van der Waals surface area contributed by atoms with Gasteiger partial charge in [-0.1, -0.05) is 0 Å². The maximum absolute atomic E-state index is 12.6. The van der Waals surface area contributed by atoms with Crippen molar-refractivity contribution in [1.82, 2.24) is 25.1 Å². The molecule has 2 aromatic heterocycles. The number of nitrogens with zero attached hydrogens (tertiary/aromatic N) is 4. The molecule has 0 bridgehead atoms. The van der Waals surface area contributed by atoms with Crippen molar-refractivity contribution in [3.05, 3.63) is 60.2 Å². The number of aromatic nitrogens is 4. The van der Waals surface area contributed by atoms with E-state index in [9.17, 15) is 4.79 Å². The highest BCUT2D eigenvalue weighted by Gasteiger charge is 2.18. The van der Waals surface area contributed by atoms with Crippen molar-refractivity contribution in [3.63, 3.8) is 0 Å². The molecule has 3 aromatic rings. The lowest BCUT2D eigenvalue weighted by molar-refractivity contribution is 0.102. The monoisotopic (exact) mass is 394 g/mol. The Labute approximate surface area is 168 Å². The number of carbonyl (C=O) groups excluding carboxylic acids is 1. The van der Waals surface area contributed by atoms with Gasteiger partial charge < -0.3 is 10.6 Å². The predicted octanol–water partition coefficient (Wildman–Crippen LogP) is 3.31. The number of aryl methyl sites for hydroxylation is 1. The van der Waals surface area contributed by atoms with Crippen molar-refractivity contribution in [2.75, 3.05) is 18.4 Å². The summed E-state index contributed by atoms with van der Waals surface area (Å²) in [6.07, 6.45) is 7.54. The zero-order valence-corrected chi connectivity index (χ0v) is 16.4. The van der Waals surface area contributed by atoms with E-state index in [0.717, 1.165) is 42.1 Å². The molecule has 4 rings (SSSR count). The molecule has 28 heavy (non-hydrogen) atoms. The third kappa shape index (κ3) is 4.40. The van der Waals surface area contributed by atoms with Crippen molar-refractivity contribution >= 4 is 23.4 Å². The van der Waals surface area contributed by atoms with Gasteiger partial charge in [-0.3, -0.25) is 9.48 Å². The fourth-order valence-corrected chi connectivity index (χ4v) is 4.00. The second kappa shape index (κ2) is 8.53. The number of anilines is 1. The topological polar surface area (TPSA) is 84.7 Å². The summed E-state index contributed by atoms with van der Waals surface area (Å²) in [4.78, 5) is 22.1. The van der Waals surface area contributed by atoms with Crippen molar-refractivity contribution in [3.8, 4) is 0 Å². The standard InChI is InChI=1S/C20H22N6OS/c1-14-12-16(28-20-22-9-3-10-23-20)5-6-17(14)24-19(27)18-7-11-26(25-18)15-4-2-8-21-13-15/h3,5-7,9-12,15,21H,2,4,8,13H2,1H3,(H,24,27). The minimum absolute atomic E-state index is 0.197. The lowest BCUT2D eigenvalue weighted by Crippen LogP contribution is -2.32. The first-order valence-corrected chi connectivity index (χ1v) is 10.1. The third-order valence-corrected chi connectivity index (χ3v) is 5.57. The van der Waals surface area contributed by atoms with E-state index in [0.29, 0.717) is 16.9 Å². The summed E-state index contributed by atoms with van der Waals surface area (Å²) in [5, 5.41) is 11.5. The van der Waals surface area contributed by atoms with E-state index in [2.05, 4.69) is 25.7 Å². The zero-order valence-electron chi connectivity index (χ0n) is 15.6. The maximum Gasteiger partial charge on any atom is 0.276 e. The van der Waals surface area contributed by atoms with E-state index >= 15 is 0 Å². The molecule has 0 saturated carbocycles. The highest BCUT2D eigenvalue weighted by atomic mass is 32.2. The Morgan fingerprint density at radius 1 is 1.29 bits per heavy atom. The molecule has 1 aliphatic heterocycles. The SMILES string of the molecule is Cc1cc(Sc2ncccn2)ccc1NC(=O)c1ccn(C2CCCNC2)n1. The second-order valence-corrected chi connectivity index (χ2v) is 7.79. The zero-order chi connectivity index (χ0) is 19.3. The van der Waals surface area contributed by atoms with Crippen molar-refractivity contribution in [2.45, 2.75) is 35.9 Å². The summed E-state index contributed by atoms with van der Waals surface area (Å²) >= 11 is 1.49. The second-order valence-electron chi connectivity index (χ2n) is 6.75. The Morgan fingerprint density at radius 3 is 2.89 bits per heavy atom. The van der Waals surface area contributed by atoms with Crippen LogP contribution in [0.3, 0.4) is 0 Å². The molecule has 1 atom stereocenters. The minimum atomic E-state index is -0.197. The molecule has 1 fully saturated rings. The average Bonchev–Trinajstić information content (AvgIpc) is 3.22. The summed E-state index contributed by atoms with van der Waals surface area (Å²) < 4.78 is 1.90. The minimum Gasteiger partial charge on any atom is -0.320 e. The molecule has 3 heterocycles. The van der Waals surface area contributed by atoms with Crippen LogP contribution in [0.15, 0.2) is 59.0 Å². The maximum atomic E-state index is 12.6. The van der Waals surface area contributed by atoms with Crippen LogP contribution < -0.4 is 10.6 Å². The van der Waals surface area contributed by atoms with Crippen LogP contribution in [0.2, 0.25) is 0 Å². The van der Waals surface area contributed by atoms with Gasteiger partial charge >= 0.3 is 0 Å². The van der Waals surface area contributed by atoms with E-state index in [-0.39, 0.29) is 5.91 Å². The number of benzene rings is 1. The lowest BCUT2D eigenvalue weighted by atomic mass is 10.1. The number of piperidine rings is 1. The van der Waals surface area contributed by atoms with Crippen molar-refractivity contribution in [1.29, 1.82) is 0 Å². The van der Waals surface area contributed by atoms with E-state index in [1.54, 1.807) is 24.5 Å². The summed E-state index contributed by atoms with van der Waals surface area (Å²) in [5.74, 6) is -0.197. The summed E-state index contributed by atoms with van der Waals surface area (Å²) in [6, 6.07) is 9.75. The molecule has 0 spiro atoms. The first-order chi connectivity index (χ1) is 13.7. The molecule has 1 aliphatic rings. The molecule has 1 amide bonds. The van der Waals surface area contributed by atoms with Crippen LogP contribution in [0.1, 0.15) is 34.9 Å². The molecular weight excluding hydrogens is 372 g/mol. The Morgan fingerprint density at radius 2 is 2.14 bits per heavy atom. The number of rotatable bonds is 5. The molecule has 7 nitrogen and oxygen atoms in total. The summed E-state index contributed by atoms with van der Waals surface area (Å²) in [5.41, 5.74) is 2.18. The largest absolute Gasteiger partial charge is 0.320 e. The predicted molar refractivity (Wildman–Crippen MR) is 109 cm³/mol. The van der Waals surface area contributed by atoms with Gasteiger partial charge in [0.25, 0.3) is 5.91 Å². The highest BCUT2D eigenvalue weighted by Crippen LogP contribution is 2.28. The van der Waals surface area contributed by atoms with Gasteiger partial charge in [-0.05, 0) is 74.0 Å². The van der Waals surface area contributed by atoms with Crippen LogP contribution in [-0.2, 0) is 0 Å². The van der Waals surface area contributed by atoms with Crippen LogP contribution in [0, 0.1) is 6.92 Å². The van der Waals surface area contributed by atoms with E-state index in [1.165, 1.54) is 11.8 Å². The molecule has 1 aromatic carbocycles. The Kier molecular flexibility index (Phi) is 5.68. The first-order valence-electron chi connectivity index (χ1n) is 9.32. The van der Waals surface area contributed by atoms with Crippen molar-refractivity contribution < 1.29 is 4.79 Å². The molecular formula is C20H22N6OS. The summed E-state index contributed by atoms with van der Waals surface area (Å²) in [6.45, 7) is 3.92. The summed E-state index contributed by atoms with van der Waals surface area (Å²) in [7, 11) is 0. The molecule has 8 heteroatoms. The van der Waals surface area contributed by atoms with Crippen LogP contribution in [0.25, 0.3) is 0 Å². The first kappa shape index (κ1) is 18.6. The highest BCUT2D eigenvalue weighted by molar-refractivity contribution is 7.99. The van der Waals surface area contributed by atoms with Gasteiger partial charge in [-0.15, -0.1) is 0 Å². The molecule has 1 unspecified atom stereocenters. The number of hydrogen-bond acceptors (Lipinski definition) is 6. The van der Waals surface area contributed by atoms with Gasteiger partial charge in [-0.25, -0.2) is 9.97 Å². The van der Waals surface area contributed by atoms with Gasteiger partial charge in [0.15, 0.2) is 10.9 Å².